The summed E-state index contributed by atoms with van der Waals surface area (Å²) in [6.45, 7) is 0.0612. The van der Waals surface area contributed by atoms with Crippen molar-refractivity contribution in [3.8, 4) is 0 Å². The van der Waals surface area contributed by atoms with Crippen LogP contribution in [0.15, 0.2) is 60.8 Å². The molecule has 0 radical (unpaired) electrons. The van der Waals surface area contributed by atoms with E-state index in [4.69, 9.17) is 34.9 Å². The zero-order chi connectivity index (χ0) is 66.2. The van der Waals surface area contributed by atoms with E-state index in [0.29, 0.717) is 36.8 Å². The molecule has 498 valence electrons. The number of fused-ring (bicyclic) bond motifs is 1. The van der Waals surface area contributed by atoms with Gasteiger partial charge in [-0.2, -0.15) is 0 Å². The fraction of sp³-hybridized carbons (Fsp3) is 0.552. The maximum Gasteiger partial charge on any atom is 0.317 e. The summed E-state index contributed by atoms with van der Waals surface area (Å²) in [5.74, 6) is -11.7. The fourth-order valence-corrected chi connectivity index (χ4v) is 8.84. The van der Waals surface area contributed by atoms with Gasteiger partial charge in [-0.3, -0.25) is 72.2 Å². The standard InChI is InChI=1S/C58H85N11O21/c1-2-3-14-43(56(84)66-46(30-50(73)74)58(86)65-44(55(59)83)28-39-11-5-4-6-12-39)64-57(85)45(29-40-31-62-42-15-8-7-13-41(40)42)63-49(72)38-90-37-48(71)61-17-10-23-88-25-27-89-26-24-87-22-9-16-60-47(70)32-68(34-52(77)78)20-18-67(33-51(75)76)19-21-69(35-53(79)80)36-54(81)82/h4-8,11-13,15,31,43-46,62H,2-3,9-10,14,16-30,32-38H2,1H3,(H2,59,83)(H,60,70)(H,61,71)(H,63,72)(H,64,85)(H,65,86)(H,66,84)(H,73,74)(H,75,76)(H,77,78)(H,79,80)(H,81,82)/t43-,44-,45-,46-/m0/s1. The van der Waals surface area contributed by atoms with Crippen LogP contribution in [0.2, 0.25) is 0 Å². The number of nitrogens with one attached hydrogen (secondary N) is 7. The number of carboxylic acids is 5. The van der Waals surface area contributed by atoms with Gasteiger partial charge in [-0.05, 0) is 36.5 Å². The van der Waals surface area contributed by atoms with Crippen molar-refractivity contribution in [1.82, 2.24) is 51.6 Å². The topological polar surface area (TPSA) is 467 Å². The van der Waals surface area contributed by atoms with Crippen LogP contribution in [0.3, 0.4) is 0 Å². The molecule has 7 amide bonds. The van der Waals surface area contributed by atoms with Crippen LogP contribution in [0.25, 0.3) is 10.9 Å². The second kappa shape index (κ2) is 43.1. The number of aliphatic carboxylic acids is 5. The molecule has 3 rings (SSSR count). The summed E-state index contributed by atoms with van der Waals surface area (Å²) in [5, 5.41) is 62.8. The first kappa shape index (κ1) is 75.6. The largest absolute Gasteiger partial charge is 0.481 e. The lowest BCUT2D eigenvalue weighted by atomic mass is 10.0. The molecule has 14 N–H and O–H groups in total. The van der Waals surface area contributed by atoms with E-state index in [9.17, 15) is 72.9 Å². The number of aromatic amines is 1. The minimum absolute atomic E-state index is 0.00610. The molecule has 0 aliphatic rings. The van der Waals surface area contributed by atoms with Crippen LogP contribution in [0.1, 0.15) is 56.6 Å². The van der Waals surface area contributed by atoms with Crippen LogP contribution in [0.5, 0.6) is 0 Å². The first-order valence-corrected chi connectivity index (χ1v) is 29.2. The van der Waals surface area contributed by atoms with Crippen LogP contribution in [0, 0.1) is 0 Å². The average molecular weight is 1270 g/mol. The first-order valence-electron chi connectivity index (χ1n) is 29.2. The number of nitrogens with two attached hydrogens (primary N) is 1. The summed E-state index contributed by atoms with van der Waals surface area (Å²) in [4.78, 5) is 156. The van der Waals surface area contributed by atoms with Crippen LogP contribution in [0.4, 0.5) is 0 Å². The van der Waals surface area contributed by atoms with E-state index in [1.165, 1.54) is 9.80 Å². The SMILES string of the molecule is CCCC[C@H](NC(=O)[C@H](Cc1c[nH]c2ccccc12)NC(=O)COCC(=O)NCCCOCCOCCOCCCNC(=O)CN(CCN(CCN(CC(=O)O)CC(=O)O)CC(=O)O)CC(=O)O)C(=O)N[C@@H](CC(=O)O)C(=O)N[C@@H](Cc1ccccc1)C(N)=O. The van der Waals surface area contributed by atoms with E-state index in [0.717, 1.165) is 15.8 Å². The minimum atomic E-state index is -1.68. The second-order valence-corrected chi connectivity index (χ2v) is 20.7. The van der Waals surface area contributed by atoms with Gasteiger partial charge in [-0.25, -0.2) is 0 Å². The van der Waals surface area contributed by atoms with Crippen LogP contribution in [-0.2, 0) is 89.3 Å². The summed E-state index contributed by atoms with van der Waals surface area (Å²) in [6.07, 6.45) is 2.67. The number of aromatic nitrogens is 1. The van der Waals surface area contributed by atoms with Crippen LogP contribution in [-0.4, -0.2) is 265 Å². The lowest BCUT2D eigenvalue weighted by molar-refractivity contribution is -0.143. The van der Waals surface area contributed by atoms with Gasteiger partial charge in [0.25, 0.3) is 0 Å². The van der Waals surface area contributed by atoms with Gasteiger partial charge in [0.1, 0.15) is 37.4 Å². The Hall–Kier alpha value is -8.66. The number of para-hydroxylation sites is 1. The molecule has 90 heavy (non-hydrogen) atoms. The summed E-state index contributed by atoms with van der Waals surface area (Å²) >= 11 is 0. The number of hydrogen-bond acceptors (Lipinski definition) is 19. The highest BCUT2D eigenvalue weighted by Crippen LogP contribution is 2.20. The average Bonchev–Trinajstić information content (AvgIpc) is 1.86. The maximum atomic E-state index is 14.1. The monoisotopic (exact) mass is 1270 g/mol. The third kappa shape index (κ3) is 33.1. The second-order valence-electron chi connectivity index (χ2n) is 20.7. The highest BCUT2D eigenvalue weighted by Gasteiger charge is 2.33. The molecular formula is C58H85N11O21. The van der Waals surface area contributed by atoms with Crippen molar-refractivity contribution in [3.05, 3.63) is 71.9 Å². The zero-order valence-corrected chi connectivity index (χ0v) is 50.4. The van der Waals surface area contributed by atoms with Crippen molar-refractivity contribution >= 4 is 82.1 Å². The predicted octanol–water partition coefficient (Wildman–Crippen LogP) is -2.63. The molecule has 4 atom stereocenters. The Morgan fingerprint density at radius 3 is 1.53 bits per heavy atom. The minimum Gasteiger partial charge on any atom is -0.481 e. The maximum absolute atomic E-state index is 14.1. The molecule has 0 saturated carbocycles. The van der Waals surface area contributed by atoms with Gasteiger partial charge in [0.2, 0.25) is 41.4 Å². The lowest BCUT2D eigenvalue weighted by Crippen LogP contribution is -2.59. The number of amides is 7. The molecule has 0 spiro atoms. The number of H-pyrrole nitrogens is 1. The van der Waals surface area contributed by atoms with E-state index in [-0.39, 0.29) is 105 Å². The molecule has 32 nitrogen and oxygen atoms in total. The normalized spacial score (nSPS) is 12.6. The van der Waals surface area contributed by atoms with Gasteiger partial charge >= 0.3 is 29.8 Å². The van der Waals surface area contributed by atoms with Crippen LogP contribution >= 0.6 is 0 Å². The Bertz CT molecular complexity index is 2770. The fourth-order valence-electron chi connectivity index (χ4n) is 8.84. The number of rotatable bonds is 51. The number of unbranched alkanes of at least 4 members (excludes halogenated alkanes) is 1. The quantitative estimate of drug-likeness (QED) is 0.0257. The summed E-state index contributed by atoms with van der Waals surface area (Å²) in [5.41, 5.74) is 7.63. The van der Waals surface area contributed by atoms with Crippen molar-refractivity contribution in [2.45, 2.75) is 82.5 Å². The Labute approximate surface area is 519 Å². The number of ether oxygens (including phenoxy) is 4. The van der Waals surface area contributed by atoms with Gasteiger partial charge in [0.15, 0.2) is 0 Å². The third-order valence-electron chi connectivity index (χ3n) is 13.2. The number of nitrogens with zero attached hydrogens (tertiary/aromatic N) is 3. The van der Waals surface area contributed by atoms with E-state index in [2.05, 4.69) is 36.9 Å². The number of hydrogen-bond donors (Lipinski definition) is 13. The van der Waals surface area contributed by atoms with Gasteiger partial charge in [0.05, 0.1) is 65.6 Å². The van der Waals surface area contributed by atoms with Gasteiger partial charge in [-0.15, -0.1) is 0 Å². The van der Waals surface area contributed by atoms with Crippen molar-refractivity contribution in [1.29, 1.82) is 0 Å². The van der Waals surface area contributed by atoms with Crippen molar-refractivity contribution in [3.63, 3.8) is 0 Å². The van der Waals surface area contributed by atoms with Crippen molar-refractivity contribution < 1.29 is 102 Å². The Morgan fingerprint density at radius 1 is 0.489 bits per heavy atom. The molecule has 3 aromatic rings. The number of primary amides is 1. The highest BCUT2D eigenvalue weighted by atomic mass is 16.5. The van der Waals surface area contributed by atoms with Crippen molar-refractivity contribution in [2.24, 2.45) is 5.73 Å². The van der Waals surface area contributed by atoms with Crippen molar-refractivity contribution in [2.75, 3.05) is 125 Å². The van der Waals surface area contributed by atoms with Crippen LogP contribution < -0.4 is 37.6 Å². The molecule has 0 unspecified atom stereocenters. The molecule has 2 aromatic carbocycles. The highest BCUT2D eigenvalue weighted by molar-refractivity contribution is 5.97. The Kier molecular flexibility index (Phi) is 36.2. The summed E-state index contributed by atoms with van der Waals surface area (Å²) in [7, 11) is 0. The number of benzene rings is 2. The first-order chi connectivity index (χ1) is 43.0. The van der Waals surface area contributed by atoms with E-state index in [1.807, 2.05) is 25.1 Å². The van der Waals surface area contributed by atoms with E-state index in [1.54, 1.807) is 42.6 Å². The molecule has 0 bridgehead atoms. The molecule has 1 heterocycles. The summed E-state index contributed by atoms with van der Waals surface area (Å²) < 4.78 is 21.9. The lowest BCUT2D eigenvalue weighted by Gasteiger charge is -2.27. The molecule has 0 fully saturated rings. The summed E-state index contributed by atoms with van der Waals surface area (Å²) in [6, 6.07) is 10.4. The molecular weight excluding hydrogens is 1190 g/mol. The number of carboxylic acid groups (broad SMARTS) is 5. The number of carbonyl (C=O) groups is 12. The smallest absolute Gasteiger partial charge is 0.317 e. The van der Waals surface area contributed by atoms with Gasteiger partial charge < -0.3 is 87.1 Å². The van der Waals surface area contributed by atoms with Gasteiger partial charge in [-0.1, -0.05) is 68.3 Å². The number of carbonyl (C=O) groups excluding carboxylic acids is 7. The third-order valence-corrected chi connectivity index (χ3v) is 13.2. The van der Waals surface area contributed by atoms with E-state index >= 15 is 0 Å². The molecule has 0 aliphatic heterocycles. The molecule has 0 saturated heterocycles. The van der Waals surface area contributed by atoms with E-state index < -0.39 is 141 Å². The van der Waals surface area contributed by atoms with Gasteiger partial charge in [0, 0.05) is 82.4 Å². The molecule has 32 heteroatoms. The molecule has 1 aromatic heterocycles. The Balaban J connectivity index is 1.36. The Morgan fingerprint density at radius 2 is 0.967 bits per heavy atom. The predicted molar refractivity (Wildman–Crippen MR) is 319 cm³/mol. The molecule has 0 aliphatic carbocycles. The zero-order valence-electron chi connectivity index (χ0n) is 50.4.